The Bertz CT molecular complexity index is 523. The largest absolute Gasteiger partial charge is 0.366 e. The Morgan fingerprint density at radius 3 is 2.95 bits per heavy atom. The van der Waals surface area contributed by atoms with E-state index in [0.29, 0.717) is 12.2 Å². The van der Waals surface area contributed by atoms with Gasteiger partial charge in [0, 0.05) is 24.4 Å². The first-order valence-electron chi connectivity index (χ1n) is 8.68. The Labute approximate surface area is 130 Å². The van der Waals surface area contributed by atoms with E-state index in [1.807, 2.05) is 11.3 Å². The number of piperidine rings is 1. The second kappa shape index (κ2) is 5.04. The molecule has 2 saturated heterocycles. The van der Waals surface area contributed by atoms with Crippen molar-refractivity contribution >= 4 is 11.3 Å². The Morgan fingerprint density at radius 1 is 1.24 bits per heavy atom. The molecular weight excluding hydrogens is 280 g/mol. The van der Waals surface area contributed by atoms with Crippen molar-refractivity contribution in [3.63, 3.8) is 0 Å². The molecule has 3 heterocycles. The van der Waals surface area contributed by atoms with E-state index in [0.717, 1.165) is 17.8 Å². The lowest BCUT2D eigenvalue weighted by molar-refractivity contribution is -0.00837. The van der Waals surface area contributed by atoms with Crippen LogP contribution in [0.15, 0.2) is 5.38 Å². The van der Waals surface area contributed by atoms with Crippen molar-refractivity contribution < 1.29 is 4.74 Å². The molecule has 3 atom stereocenters. The van der Waals surface area contributed by atoms with Gasteiger partial charge in [0.2, 0.25) is 0 Å². The van der Waals surface area contributed by atoms with Crippen LogP contribution in [0.4, 0.5) is 0 Å². The van der Waals surface area contributed by atoms with Crippen molar-refractivity contribution in [3.8, 4) is 0 Å². The standard InChI is InChI=1S/C17H24N2OS/c1-2-11(1)8-19-6-5-13-7-15(20-16(13)9-19)17-18-14(10-21-17)12-3-4-12/h10-13,15-16H,1-9H2/t13-,15-,16+/m0/s1. The summed E-state index contributed by atoms with van der Waals surface area (Å²) in [6.45, 7) is 3.78. The number of thiazole rings is 1. The first-order chi connectivity index (χ1) is 10.3. The Balaban J connectivity index is 1.24. The van der Waals surface area contributed by atoms with E-state index < -0.39 is 0 Å². The quantitative estimate of drug-likeness (QED) is 0.850. The molecule has 0 spiro atoms. The van der Waals surface area contributed by atoms with Crippen molar-refractivity contribution in [3.05, 3.63) is 16.1 Å². The minimum absolute atomic E-state index is 0.290. The van der Waals surface area contributed by atoms with Gasteiger partial charge in [-0.15, -0.1) is 11.3 Å². The van der Waals surface area contributed by atoms with Crippen LogP contribution in [0.3, 0.4) is 0 Å². The van der Waals surface area contributed by atoms with Crippen LogP contribution in [0.1, 0.15) is 61.2 Å². The van der Waals surface area contributed by atoms with Gasteiger partial charge in [-0.1, -0.05) is 0 Å². The predicted octanol–water partition coefficient (Wildman–Crippen LogP) is 3.58. The number of rotatable bonds is 4. The summed E-state index contributed by atoms with van der Waals surface area (Å²) in [5.41, 5.74) is 1.34. The molecule has 0 unspecified atom stereocenters. The molecule has 0 bridgehead atoms. The first-order valence-corrected chi connectivity index (χ1v) is 9.56. The van der Waals surface area contributed by atoms with Gasteiger partial charge < -0.3 is 9.64 Å². The van der Waals surface area contributed by atoms with Crippen molar-refractivity contribution in [2.24, 2.45) is 11.8 Å². The fraction of sp³-hybridized carbons (Fsp3) is 0.824. The highest BCUT2D eigenvalue weighted by Gasteiger charge is 2.41. The van der Waals surface area contributed by atoms with E-state index in [1.54, 1.807) is 0 Å². The zero-order valence-electron chi connectivity index (χ0n) is 12.5. The van der Waals surface area contributed by atoms with Crippen LogP contribution in [0.5, 0.6) is 0 Å². The molecule has 1 aromatic rings. The average Bonchev–Trinajstić information content (AvgIpc) is 3.40. The fourth-order valence-electron chi connectivity index (χ4n) is 4.00. The number of likely N-dealkylation sites (tertiary alicyclic amines) is 1. The third kappa shape index (κ3) is 2.66. The minimum atomic E-state index is 0.290. The topological polar surface area (TPSA) is 25.4 Å². The van der Waals surface area contributed by atoms with E-state index in [9.17, 15) is 0 Å². The van der Waals surface area contributed by atoms with Crippen LogP contribution in [0, 0.1) is 11.8 Å². The second-order valence-corrected chi connectivity index (χ2v) is 8.43. The molecule has 4 aliphatic rings. The van der Waals surface area contributed by atoms with Crippen LogP contribution >= 0.6 is 11.3 Å². The summed E-state index contributed by atoms with van der Waals surface area (Å²) in [4.78, 5) is 7.52. The maximum absolute atomic E-state index is 6.40. The molecule has 3 nitrogen and oxygen atoms in total. The van der Waals surface area contributed by atoms with Crippen molar-refractivity contribution in [1.82, 2.24) is 9.88 Å². The summed E-state index contributed by atoms with van der Waals surface area (Å²) < 4.78 is 6.40. The number of fused-ring (bicyclic) bond motifs is 1. The molecule has 1 aromatic heterocycles. The van der Waals surface area contributed by atoms with Gasteiger partial charge in [0.05, 0.1) is 11.8 Å². The lowest BCUT2D eigenvalue weighted by Gasteiger charge is -2.34. The minimum Gasteiger partial charge on any atom is -0.366 e. The summed E-state index contributed by atoms with van der Waals surface area (Å²) >= 11 is 1.83. The lowest BCUT2D eigenvalue weighted by atomic mass is 9.92. The number of nitrogens with zero attached hydrogens (tertiary/aromatic N) is 2. The smallest absolute Gasteiger partial charge is 0.122 e. The van der Waals surface area contributed by atoms with E-state index in [4.69, 9.17) is 9.72 Å². The normalized spacial score (nSPS) is 36.9. The molecule has 0 radical (unpaired) electrons. The van der Waals surface area contributed by atoms with Crippen LogP contribution in [0.2, 0.25) is 0 Å². The molecule has 2 aliphatic carbocycles. The van der Waals surface area contributed by atoms with Crippen LogP contribution < -0.4 is 0 Å². The Kier molecular flexibility index (Phi) is 3.12. The molecule has 0 N–H and O–H groups in total. The molecular formula is C17H24N2OS. The highest BCUT2D eigenvalue weighted by molar-refractivity contribution is 7.09. The number of ether oxygens (including phenoxy) is 1. The predicted molar refractivity (Wildman–Crippen MR) is 83.6 cm³/mol. The highest BCUT2D eigenvalue weighted by atomic mass is 32.1. The van der Waals surface area contributed by atoms with Gasteiger partial charge in [-0.3, -0.25) is 0 Å². The van der Waals surface area contributed by atoms with Gasteiger partial charge in [0.25, 0.3) is 0 Å². The van der Waals surface area contributed by atoms with Crippen molar-refractivity contribution in [2.75, 3.05) is 19.6 Å². The van der Waals surface area contributed by atoms with E-state index in [-0.39, 0.29) is 0 Å². The van der Waals surface area contributed by atoms with Gasteiger partial charge in [0.1, 0.15) is 11.1 Å². The first kappa shape index (κ1) is 13.0. The van der Waals surface area contributed by atoms with Crippen LogP contribution in [-0.4, -0.2) is 35.6 Å². The molecule has 114 valence electrons. The molecule has 0 aromatic carbocycles. The maximum atomic E-state index is 6.40. The summed E-state index contributed by atoms with van der Waals surface area (Å²) in [7, 11) is 0. The van der Waals surface area contributed by atoms with Crippen LogP contribution in [-0.2, 0) is 4.74 Å². The summed E-state index contributed by atoms with van der Waals surface area (Å²) in [5, 5.41) is 3.53. The van der Waals surface area contributed by atoms with Crippen molar-refractivity contribution in [1.29, 1.82) is 0 Å². The zero-order valence-corrected chi connectivity index (χ0v) is 13.4. The lowest BCUT2D eigenvalue weighted by Crippen LogP contribution is -2.43. The molecule has 0 amide bonds. The SMILES string of the molecule is c1sc([C@@H]2C[C@@H]3CCN(CC4CC4)C[C@H]3O2)nc1C1CC1. The van der Waals surface area contributed by atoms with E-state index >= 15 is 0 Å². The van der Waals surface area contributed by atoms with E-state index in [2.05, 4.69) is 10.3 Å². The molecule has 4 heteroatoms. The molecule has 4 fully saturated rings. The highest BCUT2D eigenvalue weighted by Crippen LogP contribution is 2.45. The fourth-order valence-corrected chi connectivity index (χ4v) is 4.95. The van der Waals surface area contributed by atoms with Crippen molar-refractivity contribution in [2.45, 2.75) is 56.7 Å². The zero-order chi connectivity index (χ0) is 13.8. The van der Waals surface area contributed by atoms with Gasteiger partial charge in [-0.25, -0.2) is 4.98 Å². The second-order valence-electron chi connectivity index (χ2n) is 7.54. The third-order valence-corrected chi connectivity index (χ3v) is 6.62. The maximum Gasteiger partial charge on any atom is 0.122 e. The molecule has 5 rings (SSSR count). The van der Waals surface area contributed by atoms with Gasteiger partial charge in [-0.2, -0.15) is 0 Å². The molecule has 2 saturated carbocycles. The number of hydrogen-bond donors (Lipinski definition) is 0. The van der Waals surface area contributed by atoms with Gasteiger partial charge >= 0.3 is 0 Å². The summed E-state index contributed by atoms with van der Waals surface area (Å²) in [5.74, 6) is 2.55. The number of aromatic nitrogens is 1. The number of hydrogen-bond acceptors (Lipinski definition) is 4. The summed E-state index contributed by atoms with van der Waals surface area (Å²) in [6, 6.07) is 0. The third-order valence-electron chi connectivity index (χ3n) is 5.66. The van der Waals surface area contributed by atoms with E-state index in [1.165, 1.54) is 68.9 Å². The van der Waals surface area contributed by atoms with Crippen LogP contribution in [0.25, 0.3) is 0 Å². The average molecular weight is 304 g/mol. The molecule has 2 aliphatic heterocycles. The van der Waals surface area contributed by atoms with Gasteiger partial charge in [-0.05, 0) is 56.9 Å². The molecule has 21 heavy (non-hydrogen) atoms. The Hall–Kier alpha value is -0.450. The summed E-state index contributed by atoms with van der Waals surface area (Å²) in [6.07, 6.45) is 8.89. The van der Waals surface area contributed by atoms with Gasteiger partial charge in [0.15, 0.2) is 0 Å². The Morgan fingerprint density at radius 2 is 2.14 bits per heavy atom. The monoisotopic (exact) mass is 304 g/mol.